The molecule has 1 aromatic rings. The summed E-state index contributed by atoms with van der Waals surface area (Å²) in [5, 5.41) is 12.2. The van der Waals surface area contributed by atoms with E-state index in [0.29, 0.717) is 18.7 Å². The van der Waals surface area contributed by atoms with Gasteiger partial charge >= 0.3 is 5.97 Å². The fraction of sp³-hybridized carbons (Fsp3) is 0.588. The molecular formula is C17H23NO4. The molecule has 0 bridgehead atoms. The molecule has 1 heterocycles. The molecule has 2 N–H and O–H groups in total. The van der Waals surface area contributed by atoms with Gasteiger partial charge in [-0.15, -0.1) is 0 Å². The first-order chi connectivity index (χ1) is 10.7. The van der Waals surface area contributed by atoms with Crippen molar-refractivity contribution in [1.82, 2.24) is 5.32 Å². The Kier molecular flexibility index (Phi) is 4.76. The van der Waals surface area contributed by atoms with Crippen molar-refractivity contribution in [2.45, 2.75) is 50.5 Å². The number of carbonyl (C=O) groups is 1. The average molecular weight is 305 g/mol. The Bertz CT molecular complexity index is 508. The lowest BCUT2D eigenvalue weighted by Crippen LogP contribution is -2.35. The Morgan fingerprint density at radius 3 is 2.64 bits per heavy atom. The van der Waals surface area contributed by atoms with E-state index in [1.807, 2.05) is 12.1 Å². The van der Waals surface area contributed by atoms with Crippen molar-refractivity contribution in [3.05, 3.63) is 35.4 Å². The Morgan fingerprint density at radius 2 is 1.95 bits per heavy atom. The predicted molar refractivity (Wildman–Crippen MR) is 81.7 cm³/mol. The Morgan fingerprint density at radius 1 is 1.23 bits per heavy atom. The van der Waals surface area contributed by atoms with Crippen LogP contribution in [0.4, 0.5) is 0 Å². The number of aromatic carboxylic acids is 1. The van der Waals surface area contributed by atoms with E-state index in [4.69, 9.17) is 14.6 Å². The van der Waals surface area contributed by atoms with E-state index in [2.05, 4.69) is 5.32 Å². The lowest BCUT2D eigenvalue weighted by atomic mass is 9.94. The SMILES string of the molecule is O=C(O)c1ccc(CNCC2COC3(CCCCC3)O2)cc1. The number of carboxylic acid groups (broad SMARTS) is 1. The molecule has 1 saturated carbocycles. The van der Waals surface area contributed by atoms with Crippen molar-refractivity contribution >= 4 is 5.97 Å². The van der Waals surface area contributed by atoms with Gasteiger partial charge in [-0.2, -0.15) is 0 Å². The standard InChI is InChI=1S/C17H23NO4/c19-16(20)14-6-4-13(5-7-14)10-18-11-15-12-21-17(22-15)8-2-1-3-9-17/h4-7,15,18H,1-3,8-12H2,(H,19,20). The Labute approximate surface area is 130 Å². The molecule has 0 radical (unpaired) electrons. The van der Waals surface area contributed by atoms with Gasteiger partial charge in [0.05, 0.1) is 18.3 Å². The van der Waals surface area contributed by atoms with Crippen molar-refractivity contribution in [1.29, 1.82) is 0 Å². The highest BCUT2D eigenvalue weighted by atomic mass is 16.7. The second-order valence-electron chi connectivity index (χ2n) is 6.16. The molecule has 1 unspecified atom stereocenters. The monoisotopic (exact) mass is 305 g/mol. The number of benzene rings is 1. The minimum Gasteiger partial charge on any atom is -0.478 e. The zero-order chi connectivity index (χ0) is 15.4. The first kappa shape index (κ1) is 15.5. The van der Waals surface area contributed by atoms with E-state index in [1.54, 1.807) is 12.1 Å². The third-order valence-corrected chi connectivity index (χ3v) is 4.43. The normalized spacial score (nSPS) is 23.7. The second-order valence-corrected chi connectivity index (χ2v) is 6.16. The third-order valence-electron chi connectivity index (χ3n) is 4.43. The first-order valence-corrected chi connectivity index (χ1v) is 8.02. The van der Waals surface area contributed by atoms with E-state index < -0.39 is 5.97 Å². The largest absolute Gasteiger partial charge is 0.478 e. The maximum atomic E-state index is 10.8. The van der Waals surface area contributed by atoms with Crippen LogP contribution in [0, 0.1) is 0 Å². The van der Waals surface area contributed by atoms with Crippen LogP contribution in [0.3, 0.4) is 0 Å². The number of hydrogen-bond donors (Lipinski definition) is 2. The summed E-state index contributed by atoms with van der Waals surface area (Å²) in [6.45, 7) is 2.11. The van der Waals surface area contributed by atoms with Gasteiger partial charge in [-0.05, 0) is 30.5 Å². The van der Waals surface area contributed by atoms with Gasteiger partial charge in [-0.1, -0.05) is 18.6 Å². The summed E-state index contributed by atoms with van der Waals surface area (Å²) in [7, 11) is 0. The zero-order valence-corrected chi connectivity index (χ0v) is 12.7. The van der Waals surface area contributed by atoms with Gasteiger partial charge in [-0.3, -0.25) is 0 Å². The summed E-state index contributed by atoms with van der Waals surface area (Å²) in [5.74, 6) is -1.21. The zero-order valence-electron chi connectivity index (χ0n) is 12.7. The molecule has 1 aliphatic carbocycles. The average Bonchev–Trinajstić information content (AvgIpc) is 2.91. The van der Waals surface area contributed by atoms with Gasteiger partial charge in [0.25, 0.3) is 0 Å². The van der Waals surface area contributed by atoms with Gasteiger partial charge in [0.15, 0.2) is 5.79 Å². The van der Waals surface area contributed by atoms with Gasteiger partial charge in [-0.25, -0.2) is 4.79 Å². The molecule has 5 nitrogen and oxygen atoms in total. The second kappa shape index (κ2) is 6.77. The topological polar surface area (TPSA) is 67.8 Å². The molecule has 2 fully saturated rings. The van der Waals surface area contributed by atoms with Gasteiger partial charge in [0.2, 0.25) is 0 Å². The van der Waals surface area contributed by atoms with Crippen LogP contribution >= 0.6 is 0 Å². The highest BCUT2D eigenvalue weighted by Gasteiger charge is 2.41. The highest BCUT2D eigenvalue weighted by Crippen LogP contribution is 2.37. The quantitative estimate of drug-likeness (QED) is 0.875. The van der Waals surface area contributed by atoms with Crippen LogP contribution in [0.15, 0.2) is 24.3 Å². The maximum Gasteiger partial charge on any atom is 0.335 e. The minimum absolute atomic E-state index is 0.108. The fourth-order valence-corrected chi connectivity index (χ4v) is 3.21. The van der Waals surface area contributed by atoms with Crippen molar-refractivity contribution < 1.29 is 19.4 Å². The molecule has 5 heteroatoms. The number of rotatable bonds is 5. The molecule has 0 amide bonds. The highest BCUT2D eigenvalue weighted by molar-refractivity contribution is 5.87. The molecule has 1 spiro atoms. The molecule has 22 heavy (non-hydrogen) atoms. The summed E-state index contributed by atoms with van der Waals surface area (Å²) < 4.78 is 12.0. The molecule has 1 aliphatic heterocycles. The summed E-state index contributed by atoms with van der Waals surface area (Å²) in [4.78, 5) is 10.8. The molecule has 3 rings (SSSR count). The van der Waals surface area contributed by atoms with Crippen LogP contribution in [0.1, 0.15) is 48.0 Å². The number of nitrogens with one attached hydrogen (secondary N) is 1. The predicted octanol–water partition coefficient (Wildman–Crippen LogP) is 2.55. The van der Waals surface area contributed by atoms with Crippen LogP contribution in [0.25, 0.3) is 0 Å². The van der Waals surface area contributed by atoms with E-state index in [-0.39, 0.29) is 11.9 Å². The molecule has 0 aromatic heterocycles. The number of carboxylic acids is 1. The smallest absolute Gasteiger partial charge is 0.335 e. The molecule has 120 valence electrons. The summed E-state index contributed by atoms with van der Waals surface area (Å²) in [5.41, 5.74) is 1.38. The Balaban J connectivity index is 1.42. The van der Waals surface area contributed by atoms with Crippen LogP contribution in [0.5, 0.6) is 0 Å². The summed E-state index contributed by atoms with van der Waals surface area (Å²) in [6, 6.07) is 6.94. The van der Waals surface area contributed by atoms with E-state index >= 15 is 0 Å². The molecule has 1 aromatic carbocycles. The van der Waals surface area contributed by atoms with Gasteiger partial charge < -0.3 is 19.9 Å². The van der Waals surface area contributed by atoms with Crippen LogP contribution < -0.4 is 5.32 Å². The first-order valence-electron chi connectivity index (χ1n) is 8.02. The molecular weight excluding hydrogens is 282 g/mol. The van der Waals surface area contributed by atoms with E-state index in [1.165, 1.54) is 19.3 Å². The molecule has 2 aliphatic rings. The minimum atomic E-state index is -0.895. The fourth-order valence-electron chi connectivity index (χ4n) is 3.21. The third kappa shape index (κ3) is 3.66. The lowest BCUT2D eigenvalue weighted by Gasteiger charge is -2.31. The van der Waals surface area contributed by atoms with Crippen molar-refractivity contribution in [2.75, 3.05) is 13.2 Å². The van der Waals surface area contributed by atoms with Crippen molar-refractivity contribution in [2.24, 2.45) is 0 Å². The summed E-state index contributed by atoms with van der Waals surface area (Å²) in [6.07, 6.45) is 5.80. The lowest BCUT2D eigenvalue weighted by molar-refractivity contribution is -0.186. The number of hydrogen-bond acceptors (Lipinski definition) is 4. The van der Waals surface area contributed by atoms with Gasteiger partial charge in [0, 0.05) is 25.9 Å². The number of ether oxygens (including phenoxy) is 2. The van der Waals surface area contributed by atoms with Crippen molar-refractivity contribution in [3.8, 4) is 0 Å². The van der Waals surface area contributed by atoms with Crippen molar-refractivity contribution in [3.63, 3.8) is 0 Å². The maximum absolute atomic E-state index is 10.8. The van der Waals surface area contributed by atoms with Crippen LogP contribution in [-0.4, -0.2) is 36.1 Å². The molecule has 1 saturated heterocycles. The summed E-state index contributed by atoms with van der Waals surface area (Å²) >= 11 is 0. The van der Waals surface area contributed by atoms with E-state index in [9.17, 15) is 4.79 Å². The van der Waals surface area contributed by atoms with E-state index in [0.717, 1.165) is 24.9 Å². The van der Waals surface area contributed by atoms with Gasteiger partial charge in [0.1, 0.15) is 0 Å². The van der Waals surface area contributed by atoms with Crippen LogP contribution in [0.2, 0.25) is 0 Å². The molecule has 1 atom stereocenters. The van der Waals surface area contributed by atoms with Crippen LogP contribution in [-0.2, 0) is 16.0 Å². The Hall–Kier alpha value is -1.43.